The molecule has 2 heterocycles. The Labute approximate surface area is 187 Å². The summed E-state index contributed by atoms with van der Waals surface area (Å²) < 4.78 is 10.7. The van der Waals surface area contributed by atoms with Gasteiger partial charge >= 0.3 is 0 Å². The number of carbonyl (C=O) groups excluding carboxylic acids is 1. The van der Waals surface area contributed by atoms with Gasteiger partial charge in [-0.3, -0.25) is 9.69 Å². The molecule has 1 atom stereocenters. The van der Waals surface area contributed by atoms with Crippen molar-refractivity contribution in [1.29, 1.82) is 5.26 Å². The van der Waals surface area contributed by atoms with E-state index < -0.39 is 0 Å². The summed E-state index contributed by atoms with van der Waals surface area (Å²) in [6.07, 6.45) is 0.253. The van der Waals surface area contributed by atoms with Gasteiger partial charge in [0.05, 0.1) is 43.4 Å². The molecule has 1 saturated heterocycles. The number of anilines is 1. The summed E-state index contributed by atoms with van der Waals surface area (Å²) in [7, 11) is 3.17. The van der Waals surface area contributed by atoms with E-state index in [4.69, 9.17) is 9.47 Å². The Hall–Kier alpha value is -3.11. The number of nitriles is 1. The summed E-state index contributed by atoms with van der Waals surface area (Å²) in [5.41, 5.74) is 5.07. The molecule has 31 heavy (non-hydrogen) atoms. The van der Waals surface area contributed by atoms with E-state index in [1.165, 1.54) is 11.1 Å². The number of rotatable bonds is 4. The number of aryl methyl sites for hydroxylation is 2. The Morgan fingerprint density at radius 2 is 1.84 bits per heavy atom. The fourth-order valence-electron chi connectivity index (χ4n) is 4.00. The van der Waals surface area contributed by atoms with Crippen molar-refractivity contribution in [3.8, 4) is 17.6 Å². The molecule has 2 aliphatic rings. The fraction of sp³-hybridized carbons (Fsp3) is 0.333. The van der Waals surface area contributed by atoms with Crippen LogP contribution in [-0.2, 0) is 4.79 Å². The van der Waals surface area contributed by atoms with Crippen molar-refractivity contribution < 1.29 is 14.3 Å². The monoisotopic (exact) mass is 435 g/mol. The van der Waals surface area contributed by atoms with Gasteiger partial charge in [-0.15, -0.1) is 0 Å². The molecule has 0 spiro atoms. The number of nitrogens with zero attached hydrogens (tertiary/aromatic N) is 3. The Morgan fingerprint density at radius 3 is 2.52 bits per heavy atom. The number of methoxy groups -OCH3 is 2. The highest BCUT2D eigenvalue weighted by Gasteiger charge is 2.38. The Bertz CT molecular complexity index is 1110. The Morgan fingerprint density at radius 1 is 1.06 bits per heavy atom. The number of allylic oxidation sites excluding steroid dienone is 1. The van der Waals surface area contributed by atoms with Crippen LogP contribution in [0.15, 0.2) is 47.0 Å². The largest absolute Gasteiger partial charge is 0.493 e. The van der Waals surface area contributed by atoms with Gasteiger partial charge in [-0.05, 0) is 54.8 Å². The van der Waals surface area contributed by atoms with Crippen LogP contribution >= 0.6 is 11.8 Å². The van der Waals surface area contributed by atoms with Crippen molar-refractivity contribution in [1.82, 2.24) is 4.90 Å². The van der Waals surface area contributed by atoms with E-state index >= 15 is 0 Å². The SMILES string of the molecule is COc1ccc([C@@H]2CC(=O)N3CN(c4ccc(C)c(C)c4)CSC3=C2C#N)cc1OC. The summed E-state index contributed by atoms with van der Waals surface area (Å²) in [6.45, 7) is 4.63. The molecule has 0 radical (unpaired) electrons. The average Bonchev–Trinajstić information content (AvgIpc) is 2.80. The molecule has 0 N–H and O–H groups in total. The molecule has 4 rings (SSSR count). The normalized spacial score (nSPS) is 18.5. The maximum absolute atomic E-state index is 13.1. The molecule has 0 aliphatic carbocycles. The van der Waals surface area contributed by atoms with Crippen molar-refractivity contribution >= 4 is 23.4 Å². The smallest absolute Gasteiger partial charge is 0.229 e. The molecule has 2 aliphatic heterocycles. The van der Waals surface area contributed by atoms with Gasteiger partial charge in [-0.1, -0.05) is 23.9 Å². The highest BCUT2D eigenvalue weighted by atomic mass is 32.2. The Balaban J connectivity index is 1.66. The number of hydrogen-bond donors (Lipinski definition) is 0. The van der Waals surface area contributed by atoms with Gasteiger partial charge in [0.1, 0.15) is 0 Å². The predicted octanol–water partition coefficient (Wildman–Crippen LogP) is 4.54. The molecule has 0 bridgehead atoms. The number of thioether (sulfide) groups is 1. The standard InChI is InChI=1S/C24H25N3O3S/c1-15-5-7-18(9-16(15)2)26-13-27-23(28)11-19(20(12-25)24(27)31-14-26)17-6-8-21(29-3)22(10-17)30-4/h5-10,19H,11,13-14H2,1-4H3/t19-/m0/s1. The zero-order valence-electron chi connectivity index (χ0n) is 18.1. The summed E-state index contributed by atoms with van der Waals surface area (Å²) in [5.74, 6) is 1.64. The Kier molecular flexibility index (Phi) is 5.84. The van der Waals surface area contributed by atoms with E-state index in [1.807, 2.05) is 18.2 Å². The van der Waals surface area contributed by atoms with Crippen molar-refractivity contribution in [3.63, 3.8) is 0 Å². The molecule has 2 aromatic rings. The molecule has 6 nitrogen and oxygen atoms in total. The quantitative estimate of drug-likeness (QED) is 0.703. The number of benzene rings is 2. The van der Waals surface area contributed by atoms with Gasteiger partial charge in [0.15, 0.2) is 11.5 Å². The van der Waals surface area contributed by atoms with Crippen molar-refractivity contribution in [2.45, 2.75) is 26.2 Å². The molecular weight excluding hydrogens is 410 g/mol. The average molecular weight is 436 g/mol. The molecule has 1 fully saturated rings. The topological polar surface area (TPSA) is 65.8 Å². The number of fused-ring (bicyclic) bond motifs is 1. The van der Waals surface area contributed by atoms with Crippen LogP contribution in [0.3, 0.4) is 0 Å². The molecule has 160 valence electrons. The lowest BCUT2D eigenvalue weighted by molar-refractivity contribution is -0.129. The zero-order valence-corrected chi connectivity index (χ0v) is 19.0. The van der Waals surface area contributed by atoms with Crippen LogP contribution in [0.4, 0.5) is 5.69 Å². The first-order valence-electron chi connectivity index (χ1n) is 10.1. The molecule has 2 aromatic carbocycles. The number of carbonyl (C=O) groups is 1. The van der Waals surface area contributed by atoms with Gasteiger partial charge in [-0.2, -0.15) is 5.26 Å². The van der Waals surface area contributed by atoms with E-state index in [0.717, 1.165) is 16.3 Å². The molecule has 0 unspecified atom stereocenters. The van der Waals surface area contributed by atoms with E-state index in [-0.39, 0.29) is 18.2 Å². The van der Waals surface area contributed by atoms with Crippen LogP contribution < -0.4 is 14.4 Å². The van der Waals surface area contributed by atoms with Gasteiger partial charge in [0, 0.05) is 18.0 Å². The minimum atomic E-state index is -0.288. The van der Waals surface area contributed by atoms with Gasteiger partial charge in [0.25, 0.3) is 0 Å². The van der Waals surface area contributed by atoms with Crippen molar-refractivity contribution in [2.24, 2.45) is 0 Å². The van der Waals surface area contributed by atoms with Gasteiger partial charge in [0.2, 0.25) is 5.91 Å². The highest BCUT2D eigenvalue weighted by molar-refractivity contribution is 8.03. The van der Waals surface area contributed by atoms with Crippen LogP contribution in [0.25, 0.3) is 0 Å². The summed E-state index contributed by atoms with van der Waals surface area (Å²) in [6, 6.07) is 14.3. The van der Waals surface area contributed by atoms with Crippen LogP contribution in [0, 0.1) is 25.2 Å². The maximum atomic E-state index is 13.1. The summed E-state index contributed by atoms with van der Waals surface area (Å²) in [4.78, 5) is 17.1. The van der Waals surface area contributed by atoms with Gasteiger partial charge < -0.3 is 14.4 Å². The van der Waals surface area contributed by atoms with Gasteiger partial charge in [-0.25, -0.2) is 0 Å². The van der Waals surface area contributed by atoms with Crippen molar-refractivity contribution in [2.75, 3.05) is 31.7 Å². The number of hydrogen-bond acceptors (Lipinski definition) is 6. The zero-order chi connectivity index (χ0) is 22.1. The molecule has 0 aromatic heterocycles. The fourth-order valence-corrected chi connectivity index (χ4v) is 5.17. The minimum Gasteiger partial charge on any atom is -0.493 e. The lowest BCUT2D eigenvalue weighted by Crippen LogP contribution is -2.47. The van der Waals surface area contributed by atoms with Crippen LogP contribution in [0.2, 0.25) is 0 Å². The first-order valence-corrected chi connectivity index (χ1v) is 11.1. The predicted molar refractivity (Wildman–Crippen MR) is 122 cm³/mol. The summed E-state index contributed by atoms with van der Waals surface area (Å²) in [5, 5.41) is 10.8. The molecule has 1 amide bonds. The lowest BCUT2D eigenvalue weighted by atomic mass is 9.86. The first-order chi connectivity index (χ1) is 15.0. The highest BCUT2D eigenvalue weighted by Crippen LogP contribution is 2.44. The van der Waals surface area contributed by atoms with Crippen LogP contribution in [0.5, 0.6) is 11.5 Å². The van der Waals surface area contributed by atoms with Crippen LogP contribution in [-0.4, -0.2) is 37.6 Å². The van der Waals surface area contributed by atoms with E-state index in [2.05, 4.69) is 43.0 Å². The second-order valence-electron chi connectivity index (χ2n) is 7.75. The first kappa shape index (κ1) is 21.1. The number of amides is 1. The number of ether oxygens (including phenoxy) is 2. The van der Waals surface area contributed by atoms with E-state index in [0.29, 0.717) is 29.6 Å². The minimum absolute atomic E-state index is 0.0230. The summed E-state index contributed by atoms with van der Waals surface area (Å²) >= 11 is 1.54. The molecule has 0 saturated carbocycles. The third-order valence-electron chi connectivity index (χ3n) is 5.96. The van der Waals surface area contributed by atoms with Crippen molar-refractivity contribution in [3.05, 3.63) is 63.7 Å². The molecular formula is C24H25N3O3S. The second kappa shape index (κ2) is 8.56. The van der Waals surface area contributed by atoms with Crippen LogP contribution in [0.1, 0.15) is 29.0 Å². The third kappa shape index (κ3) is 3.84. The van der Waals surface area contributed by atoms with E-state index in [9.17, 15) is 10.1 Å². The lowest BCUT2D eigenvalue weighted by Gasteiger charge is -2.42. The van der Waals surface area contributed by atoms with E-state index in [1.54, 1.807) is 30.9 Å². The molecule has 7 heteroatoms. The second-order valence-corrected chi connectivity index (χ2v) is 8.68. The maximum Gasteiger partial charge on any atom is 0.229 e. The third-order valence-corrected chi connectivity index (χ3v) is 7.11.